The average Bonchev–Trinajstić information content (AvgIpc) is 2.40. The minimum atomic E-state index is 0.0647. The largest absolute Gasteiger partial charge is 0.483 e. The molecule has 0 spiro atoms. The Bertz CT molecular complexity index is 459. The highest BCUT2D eigenvalue weighted by Crippen LogP contribution is 2.19. The predicted octanol–water partition coefficient (Wildman–Crippen LogP) is 1.50. The van der Waals surface area contributed by atoms with Gasteiger partial charge in [0.05, 0.1) is 0 Å². The summed E-state index contributed by atoms with van der Waals surface area (Å²) in [5, 5.41) is 3.28. The van der Waals surface area contributed by atoms with Gasteiger partial charge in [-0.05, 0) is 38.0 Å². The normalized spacial score (nSPS) is 19.3. The summed E-state index contributed by atoms with van der Waals surface area (Å²) in [5.74, 6) is 0.867. The maximum atomic E-state index is 12.2. The van der Waals surface area contributed by atoms with Crippen molar-refractivity contribution in [3.8, 4) is 5.75 Å². The van der Waals surface area contributed by atoms with Gasteiger partial charge in [0.1, 0.15) is 5.75 Å². The van der Waals surface area contributed by atoms with E-state index in [1.165, 1.54) is 0 Å². The lowest BCUT2D eigenvalue weighted by Crippen LogP contribution is -2.53. The molecule has 1 unspecified atom stereocenters. The Labute approximate surface area is 114 Å². The third-order valence-electron chi connectivity index (χ3n) is 3.52. The number of carbonyl (C=O) groups is 1. The van der Waals surface area contributed by atoms with Crippen molar-refractivity contribution >= 4 is 5.91 Å². The number of nitrogens with zero attached hydrogens (tertiary/aromatic N) is 1. The summed E-state index contributed by atoms with van der Waals surface area (Å²) in [6, 6.07) is 6.28. The minimum Gasteiger partial charge on any atom is -0.483 e. The van der Waals surface area contributed by atoms with Crippen LogP contribution >= 0.6 is 0 Å². The first kappa shape index (κ1) is 13.9. The molecule has 1 aliphatic rings. The zero-order valence-electron chi connectivity index (χ0n) is 11.9. The van der Waals surface area contributed by atoms with Gasteiger partial charge in [0, 0.05) is 25.7 Å². The lowest BCUT2D eigenvalue weighted by atomic mass is 10.1. The van der Waals surface area contributed by atoms with E-state index < -0.39 is 0 Å². The zero-order chi connectivity index (χ0) is 13.8. The van der Waals surface area contributed by atoms with Crippen LogP contribution in [0.2, 0.25) is 0 Å². The number of nitrogens with one attached hydrogen (secondary N) is 1. The number of benzene rings is 1. The van der Waals surface area contributed by atoms with Gasteiger partial charge in [0.15, 0.2) is 6.61 Å². The third-order valence-corrected chi connectivity index (χ3v) is 3.52. The highest BCUT2D eigenvalue weighted by atomic mass is 16.5. The Kier molecular flexibility index (Phi) is 4.43. The van der Waals surface area contributed by atoms with Gasteiger partial charge in [0.25, 0.3) is 5.91 Å². The van der Waals surface area contributed by atoms with E-state index in [1.54, 1.807) is 0 Å². The lowest BCUT2D eigenvalue weighted by molar-refractivity contribution is -0.136. The van der Waals surface area contributed by atoms with Gasteiger partial charge in [-0.2, -0.15) is 0 Å². The Morgan fingerprint density at radius 1 is 1.47 bits per heavy atom. The Balaban J connectivity index is 1.94. The summed E-state index contributed by atoms with van der Waals surface area (Å²) in [7, 11) is 0. The van der Waals surface area contributed by atoms with Gasteiger partial charge in [-0.1, -0.05) is 12.1 Å². The molecule has 1 saturated heterocycles. The summed E-state index contributed by atoms with van der Waals surface area (Å²) < 4.78 is 5.67. The van der Waals surface area contributed by atoms with Crippen molar-refractivity contribution in [2.24, 2.45) is 0 Å². The molecule has 1 fully saturated rings. The molecule has 1 amide bonds. The number of aryl methyl sites for hydroxylation is 2. The quantitative estimate of drug-likeness (QED) is 0.897. The fraction of sp³-hybridized carbons (Fsp3) is 0.533. The van der Waals surface area contributed by atoms with Gasteiger partial charge in [0.2, 0.25) is 0 Å². The standard InChI is InChI=1S/C15H22N2O2/c1-11-4-5-12(2)14(8-11)19-10-15(18)17-7-6-16-9-13(17)3/h4-5,8,13,16H,6-7,9-10H2,1-3H3. The summed E-state index contributed by atoms with van der Waals surface area (Å²) >= 11 is 0. The smallest absolute Gasteiger partial charge is 0.260 e. The van der Waals surface area contributed by atoms with E-state index in [0.29, 0.717) is 0 Å². The number of amides is 1. The molecule has 1 aliphatic heterocycles. The van der Waals surface area contributed by atoms with Crippen LogP contribution in [0.4, 0.5) is 0 Å². The molecule has 4 heteroatoms. The molecule has 1 aromatic carbocycles. The molecule has 19 heavy (non-hydrogen) atoms. The molecule has 1 aromatic rings. The highest BCUT2D eigenvalue weighted by molar-refractivity contribution is 5.78. The van der Waals surface area contributed by atoms with Gasteiger partial charge in [-0.3, -0.25) is 4.79 Å². The maximum Gasteiger partial charge on any atom is 0.260 e. The van der Waals surface area contributed by atoms with Crippen LogP contribution in [-0.4, -0.2) is 43.1 Å². The Morgan fingerprint density at radius 2 is 2.26 bits per heavy atom. The molecule has 0 saturated carbocycles. The van der Waals surface area contributed by atoms with Crippen LogP contribution in [0.3, 0.4) is 0 Å². The average molecular weight is 262 g/mol. The van der Waals surface area contributed by atoms with Crippen LogP contribution in [0, 0.1) is 13.8 Å². The molecular weight excluding hydrogens is 240 g/mol. The van der Waals surface area contributed by atoms with Gasteiger partial charge < -0.3 is 15.0 Å². The van der Waals surface area contributed by atoms with Crippen molar-refractivity contribution < 1.29 is 9.53 Å². The monoisotopic (exact) mass is 262 g/mol. The van der Waals surface area contributed by atoms with Gasteiger partial charge in [-0.15, -0.1) is 0 Å². The molecule has 0 radical (unpaired) electrons. The summed E-state index contributed by atoms with van der Waals surface area (Å²) in [6.45, 7) is 8.67. The number of hydrogen-bond acceptors (Lipinski definition) is 3. The molecule has 0 bridgehead atoms. The first-order chi connectivity index (χ1) is 9.08. The van der Waals surface area contributed by atoms with Crippen LogP contribution in [-0.2, 0) is 4.79 Å². The van der Waals surface area contributed by atoms with E-state index >= 15 is 0 Å². The minimum absolute atomic E-state index is 0.0647. The molecular formula is C15H22N2O2. The van der Waals surface area contributed by atoms with Crippen LogP contribution in [0.15, 0.2) is 18.2 Å². The second-order valence-electron chi connectivity index (χ2n) is 5.20. The van der Waals surface area contributed by atoms with Crippen molar-refractivity contribution in [1.82, 2.24) is 10.2 Å². The van der Waals surface area contributed by atoms with E-state index in [1.807, 2.05) is 36.9 Å². The predicted molar refractivity (Wildman–Crippen MR) is 75.5 cm³/mol. The summed E-state index contributed by atoms with van der Waals surface area (Å²) in [5.41, 5.74) is 2.20. The fourth-order valence-corrected chi connectivity index (χ4v) is 2.30. The van der Waals surface area contributed by atoms with Crippen molar-refractivity contribution in [2.75, 3.05) is 26.2 Å². The lowest BCUT2D eigenvalue weighted by Gasteiger charge is -2.33. The highest BCUT2D eigenvalue weighted by Gasteiger charge is 2.23. The third kappa shape index (κ3) is 3.47. The summed E-state index contributed by atoms with van der Waals surface area (Å²) in [4.78, 5) is 14.0. The zero-order valence-corrected chi connectivity index (χ0v) is 11.9. The van der Waals surface area contributed by atoms with Crippen molar-refractivity contribution in [3.63, 3.8) is 0 Å². The molecule has 0 aromatic heterocycles. The second-order valence-corrected chi connectivity index (χ2v) is 5.20. The van der Waals surface area contributed by atoms with Crippen LogP contribution in [0.25, 0.3) is 0 Å². The van der Waals surface area contributed by atoms with E-state index in [2.05, 4.69) is 12.2 Å². The number of piperazine rings is 1. The van der Waals surface area contributed by atoms with E-state index in [0.717, 1.165) is 36.5 Å². The van der Waals surface area contributed by atoms with Gasteiger partial charge >= 0.3 is 0 Å². The van der Waals surface area contributed by atoms with Crippen molar-refractivity contribution in [1.29, 1.82) is 0 Å². The van der Waals surface area contributed by atoms with Crippen molar-refractivity contribution in [3.05, 3.63) is 29.3 Å². The number of ether oxygens (including phenoxy) is 1. The molecule has 0 aliphatic carbocycles. The van der Waals surface area contributed by atoms with E-state index in [-0.39, 0.29) is 18.6 Å². The van der Waals surface area contributed by atoms with Crippen LogP contribution in [0.5, 0.6) is 5.75 Å². The fourth-order valence-electron chi connectivity index (χ4n) is 2.30. The topological polar surface area (TPSA) is 41.6 Å². The Morgan fingerprint density at radius 3 is 3.00 bits per heavy atom. The molecule has 104 valence electrons. The molecule has 2 rings (SSSR count). The molecule has 1 heterocycles. The SMILES string of the molecule is Cc1ccc(C)c(OCC(=O)N2CCNCC2C)c1. The van der Waals surface area contributed by atoms with E-state index in [9.17, 15) is 4.79 Å². The van der Waals surface area contributed by atoms with Crippen molar-refractivity contribution in [2.45, 2.75) is 26.8 Å². The number of hydrogen-bond donors (Lipinski definition) is 1. The maximum absolute atomic E-state index is 12.2. The number of rotatable bonds is 3. The number of carbonyl (C=O) groups excluding carboxylic acids is 1. The first-order valence-corrected chi connectivity index (χ1v) is 6.78. The van der Waals surface area contributed by atoms with E-state index in [4.69, 9.17) is 4.74 Å². The Hall–Kier alpha value is -1.55. The molecule has 1 atom stereocenters. The van der Waals surface area contributed by atoms with Crippen LogP contribution < -0.4 is 10.1 Å². The second kappa shape index (κ2) is 6.06. The molecule has 1 N–H and O–H groups in total. The first-order valence-electron chi connectivity index (χ1n) is 6.78. The molecule has 4 nitrogen and oxygen atoms in total. The summed E-state index contributed by atoms with van der Waals surface area (Å²) in [6.07, 6.45) is 0. The van der Waals surface area contributed by atoms with Gasteiger partial charge in [-0.25, -0.2) is 0 Å². The van der Waals surface area contributed by atoms with Crippen LogP contribution in [0.1, 0.15) is 18.1 Å².